The van der Waals surface area contributed by atoms with Crippen LogP contribution in [0.3, 0.4) is 0 Å². The molecule has 0 heterocycles. The predicted octanol–water partition coefficient (Wildman–Crippen LogP) is 1.89. The van der Waals surface area contributed by atoms with E-state index in [2.05, 4.69) is 16.6 Å². The second-order valence-electron chi connectivity index (χ2n) is 4.33. The van der Waals surface area contributed by atoms with Crippen molar-refractivity contribution < 1.29 is 9.35 Å². The number of nitrogens with one attached hydrogen (secondary N) is 2. The zero-order valence-corrected chi connectivity index (χ0v) is 11.0. The van der Waals surface area contributed by atoms with Crippen molar-refractivity contribution in [2.75, 3.05) is 5.32 Å². The zero-order chi connectivity index (χ0) is 13.1. The Labute approximate surface area is 110 Å². The van der Waals surface area contributed by atoms with Crippen molar-refractivity contribution in [3.63, 3.8) is 0 Å². The molecule has 1 aromatic rings. The molecule has 0 spiro atoms. The lowest BCUT2D eigenvalue weighted by Gasteiger charge is -2.12. The Morgan fingerprint density at radius 1 is 1.56 bits per heavy atom. The largest absolute Gasteiger partial charge is 0.593 e. The summed E-state index contributed by atoms with van der Waals surface area (Å²) in [6.45, 7) is 5.30. The lowest BCUT2D eigenvalue weighted by Crippen LogP contribution is -2.25. The summed E-state index contributed by atoms with van der Waals surface area (Å²) in [6.07, 6.45) is 3.38. The minimum absolute atomic E-state index is 0.267. The van der Waals surface area contributed by atoms with Crippen molar-refractivity contribution in [1.82, 2.24) is 4.72 Å². The Morgan fingerprint density at radius 2 is 2.28 bits per heavy atom. The molecule has 0 aromatic heterocycles. The van der Waals surface area contributed by atoms with Gasteiger partial charge in [-0.3, -0.25) is 4.79 Å². The molecule has 96 valence electrons. The number of benzene rings is 1. The summed E-state index contributed by atoms with van der Waals surface area (Å²) in [5.41, 5.74) is 1.60. The molecule has 0 aliphatic heterocycles. The van der Waals surface area contributed by atoms with Gasteiger partial charge in [-0.25, -0.2) is 0 Å². The third kappa shape index (κ3) is 3.35. The van der Waals surface area contributed by atoms with E-state index in [9.17, 15) is 9.35 Å². The molecule has 0 radical (unpaired) electrons. The van der Waals surface area contributed by atoms with Gasteiger partial charge in [-0.05, 0) is 37.5 Å². The minimum Gasteiger partial charge on any atom is -0.593 e. The van der Waals surface area contributed by atoms with Crippen LogP contribution in [-0.4, -0.2) is 16.5 Å². The molecule has 1 amide bonds. The van der Waals surface area contributed by atoms with E-state index in [1.165, 1.54) is 6.08 Å². The number of hydrogen-bond acceptors (Lipinski definition) is 3. The molecule has 1 unspecified atom stereocenters. The third-order valence-corrected chi connectivity index (χ3v) is 3.95. The monoisotopic (exact) mass is 264 g/mol. The van der Waals surface area contributed by atoms with Crippen LogP contribution in [0.25, 0.3) is 0 Å². The molecule has 1 saturated carbocycles. The lowest BCUT2D eigenvalue weighted by atomic mass is 10.2. The van der Waals surface area contributed by atoms with E-state index in [1.807, 2.05) is 19.1 Å². The number of anilines is 1. The van der Waals surface area contributed by atoms with Gasteiger partial charge in [0.2, 0.25) is 5.91 Å². The summed E-state index contributed by atoms with van der Waals surface area (Å²) in [6, 6.07) is 5.77. The first-order chi connectivity index (χ1) is 8.60. The summed E-state index contributed by atoms with van der Waals surface area (Å²) < 4.78 is 15.0. The summed E-state index contributed by atoms with van der Waals surface area (Å²) in [5, 5.41) is 2.70. The van der Waals surface area contributed by atoms with Crippen molar-refractivity contribution >= 4 is 23.0 Å². The molecule has 0 bridgehead atoms. The van der Waals surface area contributed by atoms with Crippen molar-refractivity contribution in [2.45, 2.75) is 30.7 Å². The van der Waals surface area contributed by atoms with Gasteiger partial charge in [-0.2, -0.15) is 0 Å². The first-order valence-electron chi connectivity index (χ1n) is 5.82. The van der Waals surface area contributed by atoms with Gasteiger partial charge < -0.3 is 9.87 Å². The topological polar surface area (TPSA) is 64.2 Å². The Balaban J connectivity index is 2.13. The second-order valence-corrected chi connectivity index (χ2v) is 5.58. The Hall–Kier alpha value is -1.30. The third-order valence-electron chi connectivity index (χ3n) is 2.72. The van der Waals surface area contributed by atoms with Crippen LogP contribution in [0, 0.1) is 6.92 Å². The van der Waals surface area contributed by atoms with Gasteiger partial charge >= 0.3 is 0 Å². The van der Waals surface area contributed by atoms with Gasteiger partial charge in [0.15, 0.2) is 4.90 Å². The number of carbonyl (C=O) groups excluding carboxylic acids is 1. The van der Waals surface area contributed by atoms with Crippen LogP contribution < -0.4 is 10.0 Å². The molecule has 2 rings (SSSR count). The Bertz CT molecular complexity index is 472. The highest BCUT2D eigenvalue weighted by Gasteiger charge is 2.27. The fourth-order valence-electron chi connectivity index (χ4n) is 1.46. The maximum Gasteiger partial charge on any atom is 0.247 e. The molecule has 4 nitrogen and oxygen atoms in total. The van der Waals surface area contributed by atoms with Crippen molar-refractivity contribution in [1.29, 1.82) is 0 Å². The number of aryl methyl sites for hydroxylation is 1. The lowest BCUT2D eigenvalue weighted by molar-refractivity contribution is -0.111. The normalized spacial score (nSPS) is 16.1. The predicted molar refractivity (Wildman–Crippen MR) is 72.6 cm³/mol. The summed E-state index contributed by atoms with van der Waals surface area (Å²) in [5.74, 6) is -0.267. The van der Waals surface area contributed by atoms with E-state index in [-0.39, 0.29) is 5.91 Å². The fraction of sp³-hybridized carbons (Fsp3) is 0.308. The molecule has 5 heteroatoms. The van der Waals surface area contributed by atoms with E-state index >= 15 is 0 Å². The molecule has 1 aromatic carbocycles. The SMILES string of the molecule is C=CC(=O)Nc1cc([S+]([O-])NC2CC2)ccc1C. The van der Waals surface area contributed by atoms with Gasteiger partial charge in [0.05, 0.1) is 17.4 Å². The summed E-state index contributed by atoms with van der Waals surface area (Å²) in [7, 11) is 0. The molecule has 18 heavy (non-hydrogen) atoms. The van der Waals surface area contributed by atoms with Gasteiger partial charge in [0.25, 0.3) is 0 Å². The summed E-state index contributed by atoms with van der Waals surface area (Å²) in [4.78, 5) is 12.0. The van der Waals surface area contributed by atoms with E-state index in [4.69, 9.17) is 0 Å². The van der Waals surface area contributed by atoms with E-state index in [1.54, 1.807) is 6.07 Å². The smallest absolute Gasteiger partial charge is 0.247 e. The Morgan fingerprint density at radius 3 is 2.89 bits per heavy atom. The van der Waals surface area contributed by atoms with Crippen LogP contribution in [0.1, 0.15) is 18.4 Å². The van der Waals surface area contributed by atoms with Gasteiger partial charge in [0.1, 0.15) is 0 Å². The maximum absolute atomic E-state index is 12.0. The van der Waals surface area contributed by atoms with Gasteiger partial charge in [-0.1, -0.05) is 12.6 Å². The van der Waals surface area contributed by atoms with E-state index < -0.39 is 11.4 Å². The van der Waals surface area contributed by atoms with Crippen LogP contribution in [0.4, 0.5) is 5.69 Å². The molecule has 1 fully saturated rings. The maximum atomic E-state index is 12.0. The highest BCUT2D eigenvalue weighted by molar-refractivity contribution is 7.89. The summed E-state index contributed by atoms with van der Waals surface area (Å²) >= 11 is -1.21. The quantitative estimate of drug-likeness (QED) is 0.630. The number of carbonyl (C=O) groups is 1. The van der Waals surface area contributed by atoms with Crippen LogP contribution >= 0.6 is 0 Å². The van der Waals surface area contributed by atoms with Gasteiger partial charge in [-0.15, -0.1) is 4.72 Å². The molecular weight excluding hydrogens is 248 g/mol. The van der Waals surface area contributed by atoms with Gasteiger partial charge in [0, 0.05) is 11.8 Å². The molecule has 1 aliphatic carbocycles. The Kier molecular flexibility index (Phi) is 4.06. The molecule has 1 aliphatic rings. The fourth-order valence-corrected chi connectivity index (χ4v) is 2.55. The number of amides is 1. The van der Waals surface area contributed by atoms with Crippen LogP contribution in [0.5, 0.6) is 0 Å². The van der Waals surface area contributed by atoms with Crippen molar-refractivity contribution in [2.24, 2.45) is 0 Å². The zero-order valence-electron chi connectivity index (χ0n) is 10.2. The van der Waals surface area contributed by atoms with E-state index in [0.717, 1.165) is 18.4 Å². The average Bonchev–Trinajstić information content (AvgIpc) is 3.15. The molecular formula is C13H16N2O2S. The highest BCUT2D eigenvalue weighted by Crippen LogP contribution is 2.24. The molecule has 1 atom stereocenters. The average molecular weight is 264 g/mol. The number of hydrogen-bond donors (Lipinski definition) is 2. The van der Waals surface area contributed by atoms with Crippen LogP contribution in [0.2, 0.25) is 0 Å². The number of rotatable bonds is 5. The second kappa shape index (κ2) is 5.56. The standard InChI is InChI=1S/C13H16N2O2S/c1-3-13(16)14-12-8-11(7-4-9(12)2)18(17)15-10-5-6-10/h3-4,7-8,10,15H,1,5-6H2,2H3,(H,14,16). The first-order valence-corrected chi connectivity index (χ1v) is 6.97. The minimum atomic E-state index is -1.21. The molecule has 2 N–H and O–H groups in total. The van der Waals surface area contributed by atoms with Crippen LogP contribution in [0.15, 0.2) is 35.7 Å². The highest BCUT2D eigenvalue weighted by atomic mass is 32.2. The molecule has 0 saturated heterocycles. The van der Waals surface area contributed by atoms with Crippen molar-refractivity contribution in [3.05, 3.63) is 36.4 Å². The van der Waals surface area contributed by atoms with Crippen molar-refractivity contribution in [3.8, 4) is 0 Å². The van der Waals surface area contributed by atoms with Crippen LogP contribution in [-0.2, 0) is 16.2 Å². The van der Waals surface area contributed by atoms with E-state index in [0.29, 0.717) is 16.6 Å². The first kappa shape index (κ1) is 13.1.